The Balaban J connectivity index is 3.42. The van der Waals surface area contributed by atoms with Crippen molar-refractivity contribution in [1.82, 2.24) is 0 Å². The zero-order chi connectivity index (χ0) is 12.3. The van der Waals surface area contributed by atoms with Gasteiger partial charge in [0, 0.05) is 11.4 Å². The number of carboxylic acids is 1. The van der Waals surface area contributed by atoms with Gasteiger partial charge in [0.2, 0.25) is 5.91 Å². The van der Waals surface area contributed by atoms with Crippen molar-refractivity contribution in [2.24, 2.45) is 0 Å². The molecule has 0 bridgehead atoms. The number of halogens is 1. The number of hydrogen-bond donors (Lipinski definition) is 2. The van der Waals surface area contributed by atoms with Crippen LogP contribution in [0, 0.1) is 0 Å². The first-order valence-electron chi connectivity index (χ1n) is 4.34. The van der Waals surface area contributed by atoms with Crippen molar-refractivity contribution in [1.29, 1.82) is 0 Å². The molecular formula is C10H10BrNO4. The van der Waals surface area contributed by atoms with Gasteiger partial charge in [0.25, 0.3) is 0 Å². The average molecular weight is 288 g/mol. The number of amides is 1. The van der Waals surface area contributed by atoms with Crippen molar-refractivity contribution >= 4 is 33.5 Å². The summed E-state index contributed by atoms with van der Waals surface area (Å²) in [5.41, 5.74) is 0.117. The number of aromatic carboxylic acids is 1. The second-order valence-corrected chi connectivity index (χ2v) is 3.84. The maximum Gasteiger partial charge on any atom is 0.339 e. The Bertz CT molecular complexity index is 445. The van der Waals surface area contributed by atoms with Crippen LogP contribution in [0.4, 0.5) is 5.69 Å². The predicted molar refractivity (Wildman–Crippen MR) is 62.0 cm³/mol. The minimum Gasteiger partial charge on any atom is -0.495 e. The van der Waals surface area contributed by atoms with Gasteiger partial charge < -0.3 is 15.2 Å². The lowest BCUT2D eigenvalue weighted by molar-refractivity contribution is -0.114. The van der Waals surface area contributed by atoms with Crippen LogP contribution in [-0.2, 0) is 4.79 Å². The number of methoxy groups -OCH3 is 1. The number of carboxylic acid groups (broad SMARTS) is 1. The van der Waals surface area contributed by atoms with Gasteiger partial charge in [-0.2, -0.15) is 0 Å². The predicted octanol–water partition coefficient (Wildman–Crippen LogP) is 2.11. The fourth-order valence-electron chi connectivity index (χ4n) is 1.24. The summed E-state index contributed by atoms with van der Waals surface area (Å²) in [6, 6.07) is 3.12. The molecule has 0 aromatic heterocycles. The highest BCUT2D eigenvalue weighted by molar-refractivity contribution is 9.10. The molecule has 0 saturated heterocycles. The van der Waals surface area contributed by atoms with Gasteiger partial charge in [-0.3, -0.25) is 4.79 Å². The second kappa shape index (κ2) is 4.98. The summed E-state index contributed by atoms with van der Waals surface area (Å²) in [4.78, 5) is 22.0. The lowest BCUT2D eigenvalue weighted by Crippen LogP contribution is -2.12. The Morgan fingerprint density at radius 3 is 2.50 bits per heavy atom. The minimum absolute atomic E-state index is 0.0328. The fraction of sp³-hybridized carbons (Fsp3) is 0.200. The van der Waals surface area contributed by atoms with Crippen molar-refractivity contribution < 1.29 is 19.4 Å². The molecule has 0 heterocycles. The molecule has 0 spiro atoms. The van der Waals surface area contributed by atoms with Gasteiger partial charge in [-0.25, -0.2) is 4.79 Å². The first-order valence-corrected chi connectivity index (χ1v) is 5.14. The Hall–Kier alpha value is -1.56. The molecule has 0 radical (unpaired) electrons. The summed E-state index contributed by atoms with van der Waals surface area (Å²) in [5, 5.41) is 11.5. The summed E-state index contributed by atoms with van der Waals surface area (Å²) in [6.07, 6.45) is 0. The summed E-state index contributed by atoms with van der Waals surface area (Å²) in [5.74, 6) is -1.20. The van der Waals surface area contributed by atoms with Gasteiger partial charge in [0.15, 0.2) is 0 Å². The van der Waals surface area contributed by atoms with Crippen molar-refractivity contribution in [2.45, 2.75) is 6.92 Å². The van der Waals surface area contributed by atoms with E-state index in [1.807, 2.05) is 0 Å². The molecule has 86 valence electrons. The second-order valence-electron chi connectivity index (χ2n) is 2.99. The SMILES string of the molecule is COc1ccc(Br)c(C(=O)O)c1NC(C)=O. The molecule has 16 heavy (non-hydrogen) atoms. The minimum atomic E-state index is -1.14. The molecule has 1 rings (SSSR count). The van der Waals surface area contributed by atoms with E-state index in [1.54, 1.807) is 12.1 Å². The van der Waals surface area contributed by atoms with E-state index in [-0.39, 0.29) is 17.2 Å². The van der Waals surface area contributed by atoms with Gasteiger partial charge in [-0.1, -0.05) is 0 Å². The van der Waals surface area contributed by atoms with Crippen LogP contribution in [0.5, 0.6) is 5.75 Å². The Morgan fingerprint density at radius 2 is 2.06 bits per heavy atom. The average Bonchev–Trinajstić information content (AvgIpc) is 2.16. The maximum atomic E-state index is 11.1. The van der Waals surface area contributed by atoms with E-state index in [2.05, 4.69) is 21.2 Å². The lowest BCUT2D eigenvalue weighted by atomic mass is 10.1. The third-order valence-corrected chi connectivity index (χ3v) is 2.51. The zero-order valence-corrected chi connectivity index (χ0v) is 10.3. The molecule has 0 aliphatic rings. The highest BCUT2D eigenvalue weighted by Gasteiger charge is 2.19. The van der Waals surface area contributed by atoms with E-state index in [4.69, 9.17) is 9.84 Å². The zero-order valence-electron chi connectivity index (χ0n) is 8.70. The van der Waals surface area contributed by atoms with E-state index in [0.29, 0.717) is 10.2 Å². The molecule has 0 unspecified atom stereocenters. The molecule has 1 amide bonds. The molecule has 0 aliphatic carbocycles. The van der Waals surface area contributed by atoms with Crippen LogP contribution in [0.3, 0.4) is 0 Å². The molecule has 6 heteroatoms. The summed E-state index contributed by atoms with van der Waals surface area (Å²) < 4.78 is 5.37. The van der Waals surface area contributed by atoms with E-state index in [0.717, 1.165) is 0 Å². The van der Waals surface area contributed by atoms with Crippen LogP contribution in [0.25, 0.3) is 0 Å². The highest BCUT2D eigenvalue weighted by atomic mass is 79.9. The van der Waals surface area contributed by atoms with E-state index in [9.17, 15) is 9.59 Å². The number of anilines is 1. The first kappa shape index (κ1) is 12.5. The summed E-state index contributed by atoms with van der Waals surface area (Å²) in [6.45, 7) is 1.30. The normalized spacial score (nSPS) is 9.69. The number of rotatable bonds is 3. The topological polar surface area (TPSA) is 75.6 Å². The van der Waals surface area contributed by atoms with Crippen LogP contribution < -0.4 is 10.1 Å². The number of hydrogen-bond acceptors (Lipinski definition) is 3. The third kappa shape index (κ3) is 2.52. The van der Waals surface area contributed by atoms with Crippen molar-refractivity contribution in [2.75, 3.05) is 12.4 Å². The van der Waals surface area contributed by atoms with Crippen LogP contribution in [0.1, 0.15) is 17.3 Å². The molecule has 0 atom stereocenters. The van der Waals surface area contributed by atoms with Crippen LogP contribution in [0.2, 0.25) is 0 Å². The van der Waals surface area contributed by atoms with E-state index in [1.165, 1.54) is 14.0 Å². The van der Waals surface area contributed by atoms with Gasteiger partial charge >= 0.3 is 5.97 Å². The Kier molecular flexibility index (Phi) is 3.89. The van der Waals surface area contributed by atoms with Crippen molar-refractivity contribution in [3.63, 3.8) is 0 Å². The third-order valence-electron chi connectivity index (χ3n) is 1.85. The standard InChI is InChI=1S/C10H10BrNO4/c1-5(13)12-9-7(16-2)4-3-6(11)8(9)10(14)15/h3-4H,1-2H3,(H,12,13)(H,14,15). The van der Waals surface area contributed by atoms with E-state index < -0.39 is 5.97 Å². The monoisotopic (exact) mass is 287 g/mol. The molecule has 0 fully saturated rings. The number of benzene rings is 1. The summed E-state index contributed by atoms with van der Waals surface area (Å²) >= 11 is 3.11. The van der Waals surface area contributed by atoms with Crippen LogP contribution in [0.15, 0.2) is 16.6 Å². The number of carbonyl (C=O) groups excluding carboxylic acids is 1. The van der Waals surface area contributed by atoms with Crippen LogP contribution in [-0.4, -0.2) is 24.1 Å². The molecule has 0 aliphatic heterocycles. The molecule has 1 aromatic carbocycles. The lowest BCUT2D eigenvalue weighted by Gasteiger charge is -2.12. The molecule has 2 N–H and O–H groups in total. The fourth-order valence-corrected chi connectivity index (χ4v) is 1.74. The van der Waals surface area contributed by atoms with E-state index >= 15 is 0 Å². The summed E-state index contributed by atoms with van der Waals surface area (Å²) in [7, 11) is 1.40. The molecule has 5 nitrogen and oxygen atoms in total. The largest absolute Gasteiger partial charge is 0.495 e. The highest BCUT2D eigenvalue weighted by Crippen LogP contribution is 2.33. The molecule has 1 aromatic rings. The van der Waals surface area contributed by atoms with Gasteiger partial charge in [-0.15, -0.1) is 0 Å². The number of nitrogens with one attached hydrogen (secondary N) is 1. The maximum absolute atomic E-state index is 11.1. The number of ether oxygens (including phenoxy) is 1. The van der Waals surface area contributed by atoms with Crippen LogP contribution >= 0.6 is 15.9 Å². The molecular weight excluding hydrogens is 278 g/mol. The Morgan fingerprint density at radius 1 is 1.44 bits per heavy atom. The smallest absolute Gasteiger partial charge is 0.339 e. The van der Waals surface area contributed by atoms with Gasteiger partial charge in [0.05, 0.1) is 12.8 Å². The van der Waals surface area contributed by atoms with Gasteiger partial charge in [0.1, 0.15) is 11.3 Å². The van der Waals surface area contributed by atoms with Gasteiger partial charge in [-0.05, 0) is 28.1 Å². The first-order chi connectivity index (χ1) is 7.47. The van der Waals surface area contributed by atoms with Crippen molar-refractivity contribution in [3.8, 4) is 5.75 Å². The number of carbonyl (C=O) groups is 2. The molecule has 0 saturated carbocycles. The van der Waals surface area contributed by atoms with Crippen molar-refractivity contribution in [3.05, 3.63) is 22.2 Å². The quantitative estimate of drug-likeness (QED) is 0.893. The Labute approximate surface area is 101 Å².